The largest absolute Gasteiger partial charge is 0.497 e. The van der Waals surface area contributed by atoms with Crippen LogP contribution in [-0.2, 0) is 6.54 Å². The topological polar surface area (TPSA) is 114 Å². The molecule has 8 nitrogen and oxygen atoms in total. The minimum Gasteiger partial charge on any atom is -0.497 e. The standard InChI is InChI=1S/C13H13N3O5/c1-20-9-2-3-11(10(6-9)12(17)18)15-13(19)14-7-8-4-5-21-16-8/h2-6H,7H2,1H3,(H,17,18)(H2,14,15,19). The number of carbonyl (C=O) groups excluding carboxylic acids is 1. The molecule has 0 aliphatic carbocycles. The zero-order valence-corrected chi connectivity index (χ0v) is 11.1. The summed E-state index contributed by atoms with van der Waals surface area (Å²) in [5.74, 6) is -0.776. The summed E-state index contributed by atoms with van der Waals surface area (Å²) < 4.78 is 9.58. The van der Waals surface area contributed by atoms with Crippen LogP contribution in [0, 0.1) is 0 Å². The van der Waals surface area contributed by atoms with Crippen LogP contribution in [0.15, 0.2) is 35.1 Å². The highest BCUT2D eigenvalue weighted by atomic mass is 16.5. The van der Waals surface area contributed by atoms with Crippen LogP contribution < -0.4 is 15.4 Å². The summed E-state index contributed by atoms with van der Waals surface area (Å²) in [5.41, 5.74) is 0.658. The molecule has 8 heteroatoms. The number of ether oxygens (including phenoxy) is 1. The van der Waals surface area contributed by atoms with E-state index in [0.717, 1.165) is 0 Å². The van der Waals surface area contributed by atoms with Crippen LogP contribution in [-0.4, -0.2) is 29.4 Å². The number of carbonyl (C=O) groups is 2. The molecule has 3 N–H and O–H groups in total. The van der Waals surface area contributed by atoms with Gasteiger partial charge >= 0.3 is 12.0 Å². The van der Waals surface area contributed by atoms with Gasteiger partial charge in [0, 0.05) is 6.07 Å². The minimum atomic E-state index is -1.17. The van der Waals surface area contributed by atoms with E-state index < -0.39 is 12.0 Å². The number of hydrogen-bond donors (Lipinski definition) is 3. The van der Waals surface area contributed by atoms with Crippen LogP contribution in [0.3, 0.4) is 0 Å². The van der Waals surface area contributed by atoms with E-state index in [1.54, 1.807) is 12.1 Å². The van der Waals surface area contributed by atoms with Gasteiger partial charge in [-0.3, -0.25) is 0 Å². The molecule has 0 fully saturated rings. The summed E-state index contributed by atoms with van der Waals surface area (Å²) in [4.78, 5) is 22.9. The third-order valence-electron chi connectivity index (χ3n) is 2.63. The van der Waals surface area contributed by atoms with E-state index >= 15 is 0 Å². The number of amides is 2. The lowest BCUT2D eigenvalue weighted by Gasteiger charge is -2.10. The number of carboxylic acids is 1. The van der Waals surface area contributed by atoms with E-state index in [-0.39, 0.29) is 17.8 Å². The highest BCUT2D eigenvalue weighted by Gasteiger charge is 2.13. The van der Waals surface area contributed by atoms with E-state index in [1.165, 1.54) is 25.5 Å². The van der Waals surface area contributed by atoms with Crippen molar-refractivity contribution in [1.29, 1.82) is 0 Å². The molecular formula is C13H13N3O5. The molecule has 0 atom stereocenters. The van der Waals surface area contributed by atoms with Crippen LogP contribution in [0.4, 0.5) is 10.5 Å². The predicted molar refractivity (Wildman–Crippen MR) is 72.3 cm³/mol. The second-order valence-electron chi connectivity index (χ2n) is 4.02. The van der Waals surface area contributed by atoms with E-state index in [0.29, 0.717) is 11.4 Å². The number of carboxylic acid groups (broad SMARTS) is 1. The SMILES string of the molecule is COc1ccc(NC(=O)NCc2ccon2)c(C(=O)O)c1. The summed E-state index contributed by atoms with van der Waals surface area (Å²) in [5, 5.41) is 17.8. The molecular weight excluding hydrogens is 278 g/mol. The highest BCUT2D eigenvalue weighted by Crippen LogP contribution is 2.22. The van der Waals surface area contributed by atoms with E-state index in [4.69, 9.17) is 9.84 Å². The highest BCUT2D eigenvalue weighted by molar-refractivity contribution is 6.00. The first kappa shape index (κ1) is 14.4. The molecule has 0 bridgehead atoms. The van der Waals surface area contributed by atoms with Crippen molar-refractivity contribution >= 4 is 17.7 Å². The van der Waals surface area contributed by atoms with Crippen molar-refractivity contribution in [3.05, 3.63) is 41.8 Å². The van der Waals surface area contributed by atoms with Gasteiger partial charge in [-0.15, -0.1) is 0 Å². The van der Waals surface area contributed by atoms with Crippen molar-refractivity contribution in [2.24, 2.45) is 0 Å². The molecule has 0 saturated heterocycles. The predicted octanol–water partition coefficient (Wildman–Crippen LogP) is 1.70. The van der Waals surface area contributed by atoms with Gasteiger partial charge in [0.2, 0.25) is 0 Å². The molecule has 0 spiro atoms. The van der Waals surface area contributed by atoms with Gasteiger partial charge in [0.25, 0.3) is 0 Å². The molecule has 0 saturated carbocycles. The second-order valence-corrected chi connectivity index (χ2v) is 4.02. The second kappa shape index (κ2) is 6.42. The molecule has 2 aromatic rings. The molecule has 110 valence electrons. The van der Waals surface area contributed by atoms with E-state index in [2.05, 4.69) is 20.3 Å². The molecule has 1 aromatic heterocycles. The lowest BCUT2D eigenvalue weighted by atomic mass is 10.1. The maximum Gasteiger partial charge on any atom is 0.337 e. The smallest absolute Gasteiger partial charge is 0.337 e. The first-order valence-corrected chi connectivity index (χ1v) is 5.95. The monoisotopic (exact) mass is 291 g/mol. The lowest BCUT2D eigenvalue weighted by Crippen LogP contribution is -2.29. The number of aromatic carboxylic acids is 1. The summed E-state index contributed by atoms with van der Waals surface area (Å²) in [6.07, 6.45) is 1.39. The Bertz CT molecular complexity index is 639. The molecule has 0 aliphatic heterocycles. The van der Waals surface area contributed by atoms with Crippen molar-refractivity contribution < 1.29 is 24.0 Å². The molecule has 1 aromatic carbocycles. The van der Waals surface area contributed by atoms with E-state index in [9.17, 15) is 9.59 Å². The van der Waals surface area contributed by atoms with Crippen LogP contribution in [0.2, 0.25) is 0 Å². The quantitative estimate of drug-likeness (QED) is 0.772. The Labute approximate surface area is 119 Å². The third kappa shape index (κ3) is 3.72. The van der Waals surface area contributed by atoms with Crippen molar-refractivity contribution in [3.63, 3.8) is 0 Å². The number of urea groups is 1. The van der Waals surface area contributed by atoms with Gasteiger partial charge in [-0.25, -0.2) is 9.59 Å². The van der Waals surface area contributed by atoms with Gasteiger partial charge in [-0.2, -0.15) is 0 Å². The van der Waals surface area contributed by atoms with Crippen molar-refractivity contribution in [3.8, 4) is 5.75 Å². The maximum atomic E-state index is 11.7. The Balaban J connectivity index is 2.04. The maximum absolute atomic E-state index is 11.7. The average Bonchev–Trinajstić information content (AvgIpc) is 2.98. The Kier molecular flexibility index (Phi) is 4.39. The van der Waals surface area contributed by atoms with Gasteiger partial charge in [-0.05, 0) is 18.2 Å². The zero-order valence-electron chi connectivity index (χ0n) is 11.1. The average molecular weight is 291 g/mol. The Morgan fingerprint density at radius 3 is 2.81 bits per heavy atom. The number of methoxy groups -OCH3 is 1. The fraction of sp³-hybridized carbons (Fsp3) is 0.154. The Morgan fingerprint density at radius 1 is 1.38 bits per heavy atom. The molecule has 1 heterocycles. The number of aromatic nitrogens is 1. The van der Waals surface area contributed by atoms with Crippen LogP contribution in [0.1, 0.15) is 16.1 Å². The molecule has 2 rings (SSSR count). The molecule has 2 amide bonds. The van der Waals surface area contributed by atoms with E-state index in [1.807, 2.05) is 0 Å². The third-order valence-corrected chi connectivity index (χ3v) is 2.63. The summed E-state index contributed by atoms with van der Waals surface area (Å²) in [7, 11) is 1.43. The molecule has 0 unspecified atom stereocenters. The number of hydrogen-bond acceptors (Lipinski definition) is 5. The van der Waals surface area contributed by atoms with Crippen LogP contribution in [0.5, 0.6) is 5.75 Å². The number of nitrogens with one attached hydrogen (secondary N) is 2. The summed E-state index contributed by atoms with van der Waals surface area (Å²) in [6, 6.07) is 5.40. The van der Waals surface area contributed by atoms with Crippen molar-refractivity contribution in [2.75, 3.05) is 12.4 Å². The van der Waals surface area contributed by atoms with Gasteiger partial charge in [0.15, 0.2) is 0 Å². The van der Waals surface area contributed by atoms with Crippen LogP contribution in [0.25, 0.3) is 0 Å². The number of benzene rings is 1. The number of anilines is 1. The molecule has 0 radical (unpaired) electrons. The van der Waals surface area contributed by atoms with Gasteiger partial charge in [0.05, 0.1) is 24.9 Å². The molecule has 0 aliphatic rings. The van der Waals surface area contributed by atoms with Crippen molar-refractivity contribution in [2.45, 2.75) is 6.54 Å². The zero-order chi connectivity index (χ0) is 15.2. The number of nitrogens with zero attached hydrogens (tertiary/aromatic N) is 1. The summed E-state index contributed by atoms with van der Waals surface area (Å²) in [6.45, 7) is 0.168. The fourth-order valence-electron chi connectivity index (χ4n) is 1.60. The summed E-state index contributed by atoms with van der Waals surface area (Å²) >= 11 is 0. The Morgan fingerprint density at radius 2 is 2.19 bits per heavy atom. The first-order chi connectivity index (χ1) is 10.1. The minimum absolute atomic E-state index is 0.0639. The van der Waals surface area contributed by atoms with Gasteiger partial charge in [-0.1, -0.05) is 5.16 Å². The van der Waals surface area contributed by atoms with Gasteiger partial charge < -0.3 is 25.0 Å². The number of rotatable bonds is 5. The lowest BCUT2D eigenvalue weighted by molar-refractivity contribution is 0.0697. The fourth-order valence-corrected chi connectivity index (χ4v) is 1.60. The first-order valence-electron chi connectivity index (χ1n) is 5.95. The molecule has 21 heavy (non-hydrogen) atoms. The van der Waals surface area contributed by atoms with Crippen LogP contribution >= 0.6 is 0 Å². The van der Waals surface area contributed by atoms with Crippen molar-refractivity contribution in [1.82, 2.24) is 10.5 Å². The Hall–Kier alpha value is -3.03. The normalized spacial score (nSPS) is 9.95. The van der Waals surface area contributed by atoms with Gasteiger partial charge in [0.1, 0.15) is 17.7 Å².